The highest BCUT2D eigenvalue weighted by Crippen LogP contribution is 2.32. The quantitative estimate of drug-likeness (QED) is 0.121. The number of ether oxygens (including phenoxy) is 2. The van der Waals surface area contributed by atoms with Gasteiger partial charge in [-0.2, -0.15) is 0 Å². The average molecular weight is 479 g/mol. The number of unbranched alkanes of at least 4 members (excludes halogenated alkanes) is 3. The van der Waals surface area contributed by atoms with Crippen molar-refractivity contribution >= 4 is 22.1 Å². The summed E-state index contributed by atoms with van der Waals surface area (Å²) < 4.78 is 10.9. The van der Waals surface area contributed by atoms with E-state index in [9.17, 15) is 0 Å². The number of rotatable bonds is 13. The van der Waals surface area contributed by atoms with Crippen molar-refractivity contribution in [1.82, 2.24) is 10.2 Å². The maximum absolute atomic E-state index is 5.87. The molecule has 0 saturated carbocycles. The Labute approximate surface area is 204 Å². The van der Waals surface area contributed by atoms with E-state index >= 15 is 0 Å². The minimum absolute atomic E-state index is 0.423. The smallest absolute Gasteiger partial charge is 0.148 e. The topological polar surface area (TPSA) is 62.7 Å². The fourth-order valence-electron chi connectivity index (χ4n) is 3.69. The van der Waals surface area contributed by atoms with Crippen LogP contribution >= 0.6 is 11.3 Å². The second kappa shape index (κ2) is 12.6. The molecule has 0 aliphatic rings. The third-order valence-corrected chi connectivity index (χ3v) is 6.55. The summed E-state index contributed by atoms with van der Waals surface area (Å²) in [5.41, 5.74) is 3.16. The molecular weight excluding hydrogens is 448 g/mol. The number of methoxy groups -OCH3 is 1. The molecule has 0 fully saturated rings. The standard InChI is InChI=1S/C27H30N2O4S/c1-30-15-5-3-4-6-16-32-25-13-11-21(12-14-25)26-28-29-27(34-26)24-10-9-22-17-20(19-33-31-2)7-8-23(22)18-24/h7-14,17-18H,3-6,15-16,19H2,1-2H3. The maximum atomic E-state index is 5.87. The SMILES string of the molecule is COCCCCCCOc1ccc(-c2nnc(-c3ccc4cc(COOC)ccc4c3)s2)cc1. The van der Waals surface area contributed by atoms with Gasteiger partial charge in [-0.25, -0.2) is 9.78 Å². The molecule has 6 nitrogen and oxygen atoms in total. The van der Waals surface area contributed by atoms with Crippen LogP contribution in [0, 0.1) is 0 Å². The zero-order valence-electron chi connectivity index (χ0n) is 19.7. The lowest BCUT2D eigenvalue weighted by molar-refractivity contribution is -0.282. The van der Waals surface area contributed by atoms with E-state index in [2.05, 4.69) is 40.5 Å². The number of benzene rings is 3. The highest BCUT2D eigenvalue weighted by Gasteiger charge is 2.10. The molecule has 34 heavy (non-hydrogen) atoms. The van der Waals surface area contributed by atoms with E-state index in [1.807, 2.05) is 30.3 Å². The molecule has 3 aromatic carbocycles. The molecule has 178 valence electrons. The second-order valence-corrected chi connectivity index (χ2v) is 8.99. The van der Waals surface area contributed by atoms with Crippen LogP contribution in [0.25, 0.3) is 31.9 Å². The number of aromatic nitrogens is 2. The van der Waals surface area contributed by atoms with Crippen LogP contribution in [-0.2, 0) is 21.1 Å². The molecule has 0 aliphatic heterocycles. The van der Waals surface area contributed by atoms with Gasteiger partial charge in [-0.1, -0.05) is 42.0 Å². The Bertz CT molecular complexity index is 1180. The molecule has 4 aromatic rings. The number of nitrogens with zero attached hydrogens (tertiary/aromatic N) is 2. The molecule has 0 aliphatic carbocycles. The van der Waals surface area contributed by atoms with Gasteiger partial charge in [0.05, 0.1) is 13.7 Å². The minimum Gasteiger partial charge on any atom is -0.494 e. The summed E-state index contributed by atoms with van der Waals surface area (Å²) in [6.07, 6.45) is 4.50. The van der Waals surface area contributed by atoms with Gasteiger partial charge in [0.25, 0.3) is 0 Å². The van der Waals surface area contributed by atoms with Crippen molar-refractivity contribution in [2.45, 2.75) is 32.3 Å². The first-order valence-electron chi connectivity index (χ1n) is 11.5. The van der Waals surface area contributed by atoms with Crippen molar-refractivity contribution in [3.63, 3.8) is 0 Å². The van der Waals surface area contributed by atoms with Crippen LogP contribution in [0.1, 0.15) is 31.2 Å². The summed E-state index contributed by atoms with van der Waals surface area (Å²) in [5.74, 6) is 0.884. The molecule has 0 radical (unpaired) electrons. The number of hydrogen-bond donors (Lipinski definition) is 0. The van der Waals surface area contributed by atoms with Gasteiger partial charge in [-0.3, -0.25) is 0 Å². The van der Waals surface area contributed by atoms with Crippen molar-refractivity contribution in [1.29, 1.82) is 0 Å². The van der Waals surface area contributed by atoms with Crippen LogP contribution in [-0.4, -0.2) is 37.6 Å². The molecule has 7 heteroatoms. The lowest BCUT2D eigenvalue weighted by atomic mass is 10.0. The molecule has 0 spiro atoms. The molecular formula is C27H30N2O4S. The Morgan fingerprint density at radius 1 is 0.706 bits per heavy atom. The van der Waals surface area contributed by atoms with Crippen molar-refractivity contribution in [3.8, 4) is 26.9 Å². The van der Waals surface area contributed by atoms with E-state index < -0.39 is 0 Å². The lowest BCUT2D eigenvalue weighted by Gasteiger charge is -2.06. The van der Waals surface area contributed by atoms with Gasteiger partial charge < -0.3 is 9.47 Å². The molecule has 0 N–H and O–H groups in total. The van der Waals surface area contributed by atoms with Crippen LogP contribution in [0.15, 0.2) is 60.7 Å². The summed E-state index contributed by atoms with van der Waals surface area (Å²) in [4.78, 5) is 9.72. The summed E-state index contributed by atoms with van der Waals surface area (Å²) in [6, 6.07) is 20.7. The van der Waals surface area contributed by atoms with Crippen LogP contribution < -0.4 is 4.74 Å². The largest absolute Gasteiger partial charge is 0.494 e. The second-order valence-electron chi connectivity index (χ2n) is 8.02. The Morgan fingerprint density at radius 3 is 2.15 bits per heavy atom. The molecule has 0 bridgehead atoms. The Morgan fingerprint density at radius 2 is 1.38 bits per heavy atom. The molecule has 0 unspecified atom stereocenters. The van der Waals surface area contributed by atoms with Crippen molar-refractivity contribution in [2.75, 3.05) is 27.4 Å². The summed E-state index contributed by atoms with van der Waals surface area (Å²) in [7, 11) is 3.26. The highest BCUT2D eigenvalue weighted by molar-refractivity contribution is 7.17. The molecule has 4 rings (SSSR count). The van der Waals surface area contributed by atoms with Gasteiger partial charge in [-0.05, 0) is 72.0 Å². The first-order chi connectivity index (χ1) is 16.8. The van der Waals surface area contributed by atoms with Crippen LogP contribution in [0.5, 0.6) is 5.75 Å². The fraction of sp³-hybridized carbons (Fsp3) is 0.333. The van der Waals surface area contributed by atoms with E-state index in [0.29, 0.717) is 6.61 Å². The Balaban J connectivity index is 1.35. The van der Waals surface area contributed by atoms with Crippen molar-refractivity contribution in [3.05, 3.63) is 66.2 Å². The predicted octanol–water partition coefficient (Wildman–Crippen LogP) is 6.69. The summed E-state index contributed by atoms with van der Waals surface area (Å²) in [5, 5.41) is 12.9. The van der Waals surface area contributed by atoms with E-state index in [-0.39, 0.29) is 0 Å². The van der Waals surface area contributed by atoms with E-state index in [1.54, 1.807) is 18.4 Å². The van der Waals surface area contributed by atoms with Crippen molar-refractivity contribution < 1.29 is 19.2 Å². The van der Waals surface area contributed by atoms with Crippen LogP contribution in [0.2, 0.25) is 0 Å². The first kappa shape index (κ1) is 24.3. The van der Waals surface area contributed by atoms with Gasteiger partial charge in [0.15, 0.2) is 0 Å². The Hall–Kier alpha value is -2.84. The molecule has 0 saturated heterocycles. The normalized spacial score (nSPS) is 11.2. The average Bonchev–Trinajstić information content (AvgIpc) is 3.37. The van der Waals surface area contributed by atoms with Gasteiger partial charge >= 0.3 is 0 Å². The monoisotopic (exact) mass is 478 g/mol. The third kappa shape index (κ3) is 6.61. The first-order valence-corrected chi connectivity index (χ1v) is 12.3. The van der Waals surface area contributed by atoms with Gasteiger partial charge in [0.2, 0.25) is 0 Å². The zero-order chi connectivity index (χ0) is 23.6. The number of hydrogen-bond acceptors (Lipinski definition) is 7. The van der Waals surface area contributed by atoms with Crippen LogP contribution in [0.3, 0.4) is 0 Å². The number of fused-ring (bicyclic) bond motifs is 1. The highest BCUT2D eigenvalue weighted by atomic mass is 32.1. The van der Waals surface area contributed by atoms with Gasteiger partial charge in [0.1, 0.15) is 22.4 Å². The molecule has 1 aromatic heterocycles. The maximum Gasteiger partial charge on any atom is 0.148 e. The Kier molecular flexibility index (Phi) is 8.98. The van der Waals surface area contributed by atoms with Crippen molar-refractivity contribution in [2.24, 2.45) is 0 Å². The third-order valence-electron chi connectivity index (χ3n) is 5.53. The molecule has 0 atom stereocenters. The van der Waals surface area contributed by atoms with Crippen LogP contribution in [0.4, 0.5) is 0 Å². The summed E-state index contributed by atoms with van der Waals surface area (Å²) >= 11 is 1.59. The fourth-order valence-corrected chi connectivity index (χ4v) is 4.53. The van der Waals surface area contributed by atoms with E-state index in [1.165, 1.54) is 13.5 Å². The van der Waals surface area contributed by atoms with Gasteiger partial charge in [0, 0.05) is 24.8 Å². The minimum atomic E-state index is 0.423. The van der Waals surface area contributed by atoms with E-state index in [0.717, 1.165) is 75.7 Å². The summed E-state index contributed by atoms with van der Waals surface area (Å²) in [6.45, 7) is 1.99. The zero-order valence-corrected chi connectivity index (χ0v) is 20.5. The predicted molar refractivity (Wildman–Crippen MR) is 136 cm³/mol. The lowest BCUT2D eigenvalue weighted by Crippen LogP contribution is -1.97. The van der Waals surface area contributed by atoms with E-state index in [4.69, 9.17) is 19.2 Å². The molecule has 0 amide bonds. The van der Waals surface area contributed by atoms with Gasteiger partial charge in [-0.15, -0.1) is 10.2 Å². The molecule has 1 heterocycles.